The van der Waals surface area contributed by atoms with E-state index in [9.17, 15) is 9.18 Å². The Kier molecular flexibility index (Phi) is 4.50. The molecule has 0 saturated carbocycles. The van der Waals surface area contributed by atoms with Gasteiger partial charge in [0, 0.05) is 13.1 Å². The summed E-state index contributed by atoms with van der Waals surface area (Å²) < 4.78 is 13.2. The molecule has 2 rings (SSSR count). The number of hydrogen-bond donors (Lipinski definition) is 2. The molecule has 0 bridgehead atoms. The lowest BCUT2D eigenvalue weighted by molar-refractivity contribution is -0.124. The van der Waals surface area contributed by atoms with Gasteiger partial charge in [0.2, 0.25) is 5.91 Å². The van der Waals surface area contributed by atoms with Crippen LogP contribution >= 0.6 is 0 Å². The van der Waals surface area contributed by atoms with Crippen LogP contribution in [-0.2, 0) is 17.9 Å². The number of likely N-dealkylation sites (tertiary alicyclic amines) is 1. The second-order valence-corrected chi connectivity index (χ2v) is 5.00. The van der Waals surface area contributed by atoms with Crippen LogP contribution in [0.25, 0.3) is 0 Å². The highest BCUT2D eigenvalue weighted by Gasteiger charge is 2.27. The molecule has 4 nitrogen and oxygen atoms in total. The lowest BCUT2D eigenvalue weighted by Crippen LogP contribution is -2.47. The normalized spacial score (nSPS) is 20.4. The Balaban J connectivity index is 2.17. The molecule has 0 radical (unpaired) electrons. The molecule has 1 aromatic rings. The number of halogens is 1. The quantitative estimate of drug-likeness (QED) is 0.857. The van der Waals surface area contributed by atoms with Crippen molar-refractivity contribution in [2.24, 2.45) is 11.5 Å². The molecule has 0 aliphatic carbocycles. The summed E-state index contributed by atoms with van der Waals surface area (Å²) >= 11 is 0. The first-order valence-electron chi connectivity index (χ1n) is 6.62. The number of hydrogen-bond acceptors (Lipinski definition) is 3. The van der Waals surface area contributed by atoms with E-state index in [1.54, 1.807) is 6.07 Å². The summed E-state index contributed by atoms with van der Waals surface area (Å²) in [7, 11) is 0. The molecular formula is C14H20FN3O. The molecule has 1 aliphatic rings. The van der Waals surface area contributed by atoms with Gasteiger partial charge in [0.15, 0.2) is 0 Å². The molecule has 1 heterocycles. The van der Waals surface area contributed by atoms with Crippen molar-refractivity contribution in [2.75, 3.05) is 6.54 Å². The second-order valence-electron chi connectivity index (χ2n) is 5.00. The summed E-state index contributed by atoms with van der Waals surface area (Å²) in [6.07, 6.45) is 2.88. The molecule has 1 fully saturated rings. The maximum Gasteiger partial charge on any atom is 0.234 e. The van der Waals surface area contributed by atoms with Gasteiger partial charge in [0.1, 0.15) is 5.82 Å². The average Bonchev–Trinajstić information content (AvgIpc) is 2.41. The topological polar surface area (TPSA) is 72.3 Å². The average molecular weight is 265 g/mol. The highest BCUT2D eigenvalue weighted by Crippen LogP contribution is 2.21. The van der Waals surface area contributed by atoms with Gasteiger partial charge in [-0.05, 0) is 42.6 Å². The molecule has 104 valence electrons. The predicted molar refractivity (Wildman–Crippen MR) is 71.5 cm³/mol. The Morgan fingerprint density at radius 3 is 2.84 bits per heavy atom. The van der Waals surface area contributed by atoms with E-state index in [1.165, 1.54) is 12.1 Å². The first-order valence-corrected chi connectivity index (χ1v) is 6.62. The van der Waals surface area contributed by atoms with Crippen LogP contribution < -0.4 is 11.5 Å². The third-order valence-electron chi connectivity index (χ3n) is 3.70. The van der Waals surface area contributed by atoms with Gasteiger partial charge < -0.3 is 11.5 Å². The molecular weight excluding hydrogens is 245 g/mol. The number of amides is 1. The van der Waals surface area contributed by atoms with Crippen LogP contribution in [0.2, 0.25) is 0 Å². The van der Waals surface area contributed by atoms with E-state index >= 15 is 0 Å². The summed E-state index contributed by atoms with van der Waals surface area (Å²) in [5.74, 6) is -0.564. The highest BCUT2D eigenvalue weighted by atomic mass is 19.1. The zero-order chi connectivity index (χ0) is 13.8. The minimum atomic E-state index is -0.283. The van der Waals surface area contributed by atoms with Crippen molar-refractivity contribution in [3.05, 3.63) is 35.1 Å². The number of nitrogens with two attached hydrogens (primary N) is 2. The van der Waals surface area contributed by atoms with Crippen LogP contribution in [0, 0.1) is 5.82 Å². The highest BCUT2D eigenvalue weighted by molar-refractivity contribution is 5.79. The fourth-order valence-corrected chi connectivity index (χ4v) is 2.66. The number of rotatable bonds is 4. The Hall–Kier alpha value is -1.46. The zero-order valence-electron chi connectivity index (χ0n) is 10.9. The molecule has 5 heteroatoms. The van der Waals surface area contributed by atoms with Crippen LogP contribution in [0.3, 0.4) is 0 Å². The van der Waals surface area contributed by atoms with Crippen molar-refractivity contribution >= 4 is 5.91 Å². The van der Waals surface area contributed by atoms with Crippen molar-refractivity contribution in [2.45, 2.75) is 38.4 Å². The molecule has 1 atom stereocenters. The molecule has 1 saturated heterocycles. The van der Waals surface area contributed by atoms with E-state index in [4.69, 9.17) is 11.5 Å². The van der Waals surface area contributed by atoms with E-state index in [-0.39, 0.29) is 17.8 Å². The largest absolute Gasteiger partial charge is 0.368 e. The van der Waals surface area contributed by atoms with Crippen molar-refractivity contribution in [3.63, 3.8) is 0 Å². The minimum Gasteiger partial charge on any atom is -0.368 e. The molecule has 1 aliphatic heterocycles. The summed E-state index contributed by atoms with van der Waals surface area (Å²) in [6, 6.07) is 4.41. The second kappa shape index (κ2) is 6.12. The number of carbonyl (C=O) groups is 1. The Morgan fingerprint density at radius 2 is 2.16 bits per heavy atom. The van der Waals surface area contributed by atoms with Crippen LogP contribution in [0.5, 0.6) is 0 Å². The lowest BCUT2D eigenvalue weighted by Gasteiger charge is -2.34. The summed E-state index contributed by atoms with van der Waals surface area (Å²) in [5, 5.41) is 0. The number of piperidine rings is 1. The Bertz CT molecular complexity index is 464. The van der Waals surface area contributed by atoms with Gasteiger partial charge >= 0.3 is 0 Å². The third-order valence-corrected chi connectivity index (χ3v) is 3.70. The smallest absolute Gasteiger partial charge is 0.234 e. The minimum absolute atomic E-state index is 0.218. The van der Waals surface area contributed by atoms with E-state index in [0.29, 0.717) is 13.1 Å². The SMILES string of the molecule is NCc1cc(F)ccc1CN1CCCCC1C(N)=O. The lowest BCUT2D eigenvalue weighted by atomic mass is 9.99. The fraction of sp³-hybridized carbons (Fsp3) is 0.500. The van der Waals surface area contributed by atoms with Gasteiger partial charge in [-0.25, -0.2) is 4.39 Å². The molecule has 0 spiro atoms. The van der Waals surface area contributed by atoms with Crippen molar-refractivity contribution in [3.8, 4) is 0 Å². The van der Waals surface area contributed by atoms with Gasteiger partial charge in [0.05, 0.1) is 6.04 Å². The monoisotopic (exact) mass is 265 g/mol. The number of primary amides is 1. The van der Waals surface area contributed by atoms with Gasteiger partial charge in [-0.3, -0.25) is 9.69 Å². The standard InChI is InChI=1S/C14H20FN3O/c15-12-5-4-10(11(7-12)8-16)9-18-6-2-1-3-13(18)14(17)19/h4-5,7,13H,1-3,6,8-9,16H2,(H2,17,19). The van der Waals surface area contributed by atoms with Gasteiger partial charge in [0.25, 0.3) is 0 Å². The number of benzene rings is 1. The molecule has 0 aromatic heterocycles. The molecule has 19 heavy (non-hydrogen) atoms. The Morgan fingerprint density at radius 1 is 1.37 bits per heavy atom. The van der Waals surface area contributed by atoms with Crippen LogP contribution in [0.1, 0.15) is 30.4 Å². The summed E-state index contributed by atoms with van der Waals surface area (Å²) in [5.41, 5.74) is 12.8. The van der Waals surface area contributed by atoms with Crippen LogP contribution in [0.15, 0.2) is 18.2 Å². The van der Waals surface area contributed by atoms with E-state index in [1.807, 2.05) is 0 Å². The van der Waals surface area contributed by atoms with E-state index in [0.717, 1.165) is 36.9 Å². The summed E-state index contributed by atoms with van der Waals surface area (Å²) in [6.45, 7) is 1.73. The molecule has 4 N–H and O–H groups in total. The zero-order valence-corrected chi connectivity index (χ0v) is 10.9. The number of nitrogens with zero attached hydrogens (tertiary/aromatic N) is 1. The third kappa shape index (κ3) is 3.30. The molecule has 1 unspecified atom stereocenters. The fourth-order valence-electron chi connectivity index (χ4n) is 2.66. The van der Waals surface area contributed by atoms with E-state index < -0.39 is 0 Å². The van der Waals surface area contributed by atoms with Gasteiger partial charge in [-0.1, -0.05) is 12.5 Å². The maximum atomic E-state index is 13.2. The van der Waals surface area contributed by atoms with Crippen molar-refractivity contribution in [1.29, 1.82) is 0 Å². The number of carbonyl (C=O) groups excluding carboxylic acids is 1. The predicted octanol–water partition coefficient (Wildman–Crippen LogP) is 1.12. The van der Waals surface area contributed by atoms with Crippen LogP contribution in [0.4, 0.5) is 4.39 Å². The van der Waals surface area contributed by atoms with Crippen molar-refractivity contribution < 1.29 is 9.18 Å². The van der Waals surface area contributed by atoms with Crippen LogP contribution in [-0.4, -0.2) is 23.4 Å². The molecule has 1 amide bonds. The first kappa shape index (κ1) is 14.0. The van der Waals surface area contributed by atoms with Gasteiger partial charge in [-0.15, -0.1) is 0 Å². The van der Waals surface area contributed by atoms with E-state index in [2.05, 4.69) is 4.90 Å². The molecule has 1 aromatic carbocycles. The first-order chi connectivity index (χ1) is 9.11. The summed E-state index contributed by atoms with van der Waals surface area (Å²) in [4.78, 5) is 13.5. The maximum absolute atomic E-state index is 13.2. The Labute approximate surface area is 112 Å². The van der Waals surface area contributed by atoms with Crippen molar-refractivity contribution in [1.82, 2.24) is 4.90 Å². The van der Waals surface area contributed by atoms with Gasteiger partial charge in [-0.2, -0.15) is 0 Å².